The van der Waals surface area contributed by atoms with Gasteiger partial charge >= 0.3 is 0 Å². The Labute approximate surface area is 261 Å². The number of hydrogen-bond donors (Lipinski definition) is 0. The molecular weight excluding hydrogens is 544 g/mol. The van der Waals surface area contributed by atoms with Gasteiger partial charge < -0.3 is 4.74 Å². The summed E-state index contributed by atoms with van der Waals surface area (Å²) < 4.78 is 6.22. The van der Waals surface area contributed by atoms with Gasteiger partial charge in [-0.2, -0.15) is 0 Å². The zero-order valence-corrected chi connectivity index (χ0v) is 26.3. The van der Waals surface area contributed by atoms with Gasteiger partial charge in [0, 0.05) is 11.5 Å². The zero-order valence-electron chi connectivity index (χ0n) is 26.3. The van der Waals surface area contributed by atoms with Crippen LogP contribution in [-0.2, 0) is 6.42 Å². The van der Waals surface area contributed by atoms with E-state index in [1.165, 1.54) is 0 Å². The van der Waals surface area contributed by atoms with E-state index < -0.39 is 0 Å². The molecule has 4 rings (SSSR count). The molecule has 0 N–H and O–H groups in total. The Balaban J connectivity index is 1.83. The van der Waals surface area contributed by atoms with Crippen LogP contribution in [0.2, 0.25) is 0 Å². The normalized spacial score (nSPS) is 12.6. The molecule has 0 bridgehead atoms. The molecule has 0 aliphatic heterocycles. The van der Waals surface area contributed by atoms with Crippen molar-refractivity contribution < 1.29 is 4.74 Å². The minimum atomic E-state index is -0.107. The van der Waals surface area contributed by atoms with Crippen LogP contribution in [0.1, 0.15) is 79.3 Å². The first-order chi connectivity index (χ1) is 21.3. The molecular formula is C39H42N2O3. The highest BCUT2D eigenvalue weighted by Crippen LogP contribution is 2.42. The number of hydrogen-bond acceptors (Lipinski definition) is 5. The van der Waals surface area contributed by atoms with Crippen LogP contribution in [0.5, 0.6) is 5.75 Å². The molecule has 4 aromatic rings. The molecule has 226 valence electrons. The van der Waals surface area contributed by atoms with Crippen molar-refractivity contribution in [1.29, 1.82) is 0 Å². The lowest BCUT2D eigenvalue weighted by atomic mass is 9.81. The summed E-state index contributed by atoms with van der Waals surface area (Å²) in [5, 5.41) is 8.29. The molecule has 0 aliphatic carbocycles. The SMILES string of the molecule is C=Cc1cc(N=O)c(C)cc1CC(c1ccc(C(=C)CCC(C)/C=C/CC)cc1)c1c(OCC)ccc2cc(N=O)ccc12. The van der Waals surface area contributed by atoms with E-state index in [2.05, 4.69) is 73.8 Å². The molecule has 2 unspecified atom stereocenters. The van der Waals surface area contributed by atoms with Gasteiger partial charge in [0.1, 0.15) is 17.1 Å². The second-order valence-corrected chi connectivity index (χ2v) is 11.4. The van der Waals surface area contributed by atoms with E-state index in [1.807, 2.05) is 44.2 Å². The maximum Gasteiger partial charge on any atom is 0.123 e. The zero-order chi connectivity index (χ0) is 31.6. The molecule has 5 nitrogen and oxygen atoms in total. The van der Waals surface area contributed by atoms with Crippen LogP contribution in [0.15, 0.2) is 102 Å². The molecule has 0 amide bonds. The third kappa shape index (κ3) is 7.46. The fourth-order valence-corrected chi connectivity index (χ4v) is 5.82. The van der Waals surface area contributed by atoms with Gasteiger partial charge in [0.25, 0.3) is 0 Å². The summed E-state index contributed by atoms with van der Waals surface area (Å²) in [6.07, 6.45) is 9.96. The van der Waals surface area contributed by atoms with Crippen LogP contribution in [0, 0.1) is 22.7 Å². The quantitative estimate of drug-likeness (QED) is 0.103. The number of fused-ring (bicyclic) bond motifs is 1. The Morgan fingerprint density at radius 2 is 1.75 bits per heavy atom. The molecule has 0 spiro atoms. The van der Waals surface area contributed by atoms with E-state index in [9.17, 15) is 9.81 Å². The van der Waals surface area contributed by atoms with Crippen molar-refractivity contribution in [1.82, 2.24) is 0 Å². The van der Waals surface area contributed by atoms with Gasteiger partial charge in [-0.05, 0) is 124 Å². The Kier molecular flexibility index (Phi) is 11.1. The van der Waals surface area contributed by atoms with Gasteiger partial charge in [-0.15, -0.1) is 9.81 Å². The molecule has 0 aliphatic rings. The second kappa shape index (κ2) is 15.2. The first-order valence-corrected chi connectivity index (χ1v) is 15.4. The average Bonchev–Trinajstić information content (AvgIpc) is 3.05. The lowest BCUT2D eigenvalue weighted by Crippen LogP contribution is -2.10. The summed E-state index contributed by atoms with van der Waals surface area (Å²) in [6.45, 7) is 17.2. The lowest BCUT2D eigenvalue weighted by molar-refractivity contribution is 0.336. The fraction of sp³-hybridized carbons (Fsp3) is 0.282. The summed E-state index contributed by atoms with van der Waals surface area (Å²) in [4.78, 5) is 22.8. The summed E-state index contributed by atoms with van der Waals surface area (Å²) in [5.74, 6) is 1.20. The Morgan fingerprint density at radius 1 is 0.977 bits per heavy atom. The molecule has 44 heavy (non-hydrogen) atoms. The smallest absolute Gasteiger partial charge is 0.123 e. The summed E-state index contributed by atoms with van der Waals surface area (Å²) in [7, 11) is 0. The molecule has 0 aromatic heterocycles. The van der Waals surface area contributed by atoms with Crippen LogP contribution in [0.4, 0.5) is 11.4 Å². The molecule has 4 aromatic carbocycles. The van der Waals surface area contributed by atoms with E-state index in [1.54, 1.807) is 18.2 Å². The number of aryl methyl sites for hydroxylation is 1. The molecule has 0 saturated heterocycles. The maximum atomic E-state index is 11.5. The Morgan fingerprint density at radius 3 is 2.41 bits per heavy atom. The van der Waals surface area contributed by atoms with Crippen LogP contribution in [0.25, 0.3) is 22.4 Å². The van der Waals surface area contributed by atoms with Crippen LogP contribution >= 0.6 is 0 Å². The number of ether oxygens (including phenoxy) is 1. The van der Waals surface area contributed by atoms with Crippen molar-refractivity contribution in [2.24, 2.45) is 16.3 Å². The highest BCUT2D eigenvalue weighted by Gasteiger charge is 2.24. The fourth-order valence-electron chi connectivity index (χ4n) is 5.82. The van der Waals surface area contributed by atoms with Gasteiger partial charge in [0.05, 0.1) is 6.61 Å². The van der Waals surface area contributed by atoms with E-state index in [0.717, 1.165) is 74.7 Å². The van der Waals surface area contributed by atoms with Crippen molar-refractivity contribution >= 4 is 33.8 Å². The molecule has 0 heterocycles. The van der Waals surface area contributed by atoms with E-state index in [0.29, 0.717) is 30.3 Å². The summed E-state index contributed by atoms with van der Waals surface area (Å²) in [5.41, 5.74) is 7.96. The predicted octanol–water partition coefficient (Wildman–Crippen LogP) is 11.8. The standard InChI is InChI=1S/C39H42N2O3/c1-7-10-11-26(4)12-13-27(5)30-14-16-31(17-15-30)36(24-33-22-28(6)37(41-43)25-29(33)8-2)39-35-20-19-34(40-42)23-32(35)18-21-38(39)44-9-3/h8,10-11,14-23,25-26,36H,2,5,7,9,12-13,24H2,1,3-4,6H3/b11-10+. The third-order valence-corrected chi connectivity index (χ3v) is 8.28. The average molecular weight is 587 g/mol. The monoisotopic (exact) mass is 586 g/mol. The molecule has 0 fully saturated rings. The van der Waals surface area contributed by atoms with E-state index >= 15 is 0 Å². The van der Waals surface area contributed by atoms with Crippen LogP contribution in [0.3, 0.4) is 0 Å². The highest BCUT2D eigenvalue weighted by atomic mass is 16.5. The van der Waals surface area contributed by atoms with E-state index in [-0.39, 0.29) is 5.92 Å². The lowest BCUT2D eigenvalue weighted by Gasteiger charge is -2.25. The van der Waals surface area contributed by atoms with Crippen molar-refractivity contribution in [2.45, 2.75) is 59.3 Å². The van der Waals surface area contributed by atoms with Gasteiger partial charge in [0.15, 0.2) is 0 Å². The van der Waals surface area contributed by atoms with Crippen molar-refractivity contribution in [3.05, 3.63) is 135 Å². The highest BCUT2D eigenvalue weighted by molar-refractivity contribution is 5.91. The van der Waals surface area contributed by atoms with Gasteiger partial charge in [-0.1, -0.05) is 87.7 Å². The topological polar surface area (TPSA) is 68.1 Å². The predicted molar refractivity (Wildman–Crippen MR) is 186 cm³/mol. The van der Waals surface area contributed by atoms with Gasteiger partial charge in [-0.3, -0.25) is 0 Å². The number of allylic oxidation sites excluding steroid dienone is 3. The minimum absolute atomic E-state index is 0.107. The first-order valence-electron chi connectivity index (χ1n) is 15.4. The minimum Gasteiger partial charge on any atom is -0.494 e. The van der Waals surface area contributed by atoms with Crippen LogP contribution in [-0.4, -0.2) is 6.61 Å². The summed E-state index contributed by atoms with van der Waals surface area (Å²) in [6, 6.07) is 22.0. The second-order valence-electron chi connectivity index (χ2n) is 11.4. The van der Waals surface area contributed by atoms with E-state index in [4.69, 9.17) is 4.74 Å². The molecule has 0 saturated carbocycles. The first kappa shape index (κ1) is 32.3. The van der Waals surface area contributed by atoms with Gasteiger partial charge in [0.2, 0.25) is 0 Å². The number of benzene rings is 4. The Bertz CT molecular complexity index is 1680. The number of rotatable bonds is 15. The third-order valence-electron chi connectivity index (χ3n) is 8.28. The van der Waals surface area contributed by atoms with Crippen molar-refractivity contribution in [3.63, 3.8) is 0 Å². The molecule has 2 atom stereocenters. The van der Waals surface area contributed by atoms with Crippen molar-refractivity contribution in [2.75, 3.05) is 6.61 Å². The van der Waals surface area contributed by atoms with Crippen molar-refractivity contribution in [3.8, 4) is 5.75 Å². The number of nitrogens with zero attached hydrogens (tertiary/aromatic N) is 2. The Hall–Kier alpha value is -4.64. The number of nitroso groups, excluding NO2 is 2. The maximum absolute atomic E-state index is 11.5. The molecule has 5 heteroatoms. The molecule has 0 radical (unpaired) electrons. The summed E-state index contributed by atoms with van der Waals surface area (Å²) >= 11 is 0. The van der Waals surface area contributed by atoms with Gasteiger partial charge in [-0.25, -0.2) is 0 Å². The largest absolute Gasteiger partial charge is 0.494 e. The van der Waals surface area contributed by atoms with Crippen LogP contribution < -0.4 is 4.74 Å².